The zero-order chi connectivity index (χ0) is 27.4. The lowest BCUT2D eigenvalue weighted by Gasteiger charge is -2.34. The molecule has 0 saturated carbocycles. The highest BCUT2D eigenvalue weighted by molar-refractivity contribution is 7.15. The number of aliphatic carboxylic acids is 1. The van der Waals surface area contributed by atoms with Gasteiger partial charge in [-0.15, -0.1) is 22.7 Å². The molecule has 0 amide bonds. The fourth-order valence-electron chi connectivity index (χ4n) is 5.39. The average molecular weight is 569 g/mol. The lowest BCUT2D eigenvalue weighted by molar-refractivity contribution is -0.137. The third-order valence-electron chi connectivity index (χ3n) is 7.60. The molecule has 2 aliphatic heterocycles. The Labute approximate surface area is 237 Å². The summed E-state index contributed by atoms with van der Waals surface area (Å²) < 4.78 is 0. The van der Waals surface area contributed by atoms with Crippen LogP contribution in [0.25, 0.3) is 10.6 Å². The molecule has 0 bridgehead atoms. The Hall–Kier alpha value is -2.73. The molecule has 208 valence electrons. The van der Waals surface area contributed by atoms with Crippen molar-refractivity contribution in [2.45, 2.75) is 58.5 Å². The van der Waals surface area contributed by atoms with E-state index in [0.29, 0.717) is 18.3 Å². The van der Waals surface area contributed by atoms with E-state index in [1.165, 1.54) is 23.3 Å². The Bertz CT molecular complexity index is 1280. The van der Waals surface area contributed by atoms with Crippen LogP contribution in [0, 0.1) is 6.92 Å². The molecular weight excluding hydrogens is 532 g/mol. The number of piperazine rings is 1. The first-order valence-corrected chi connectivity index (χ1v) is 15.4. The molecule has 9 nitrogen and oxygen atoms in total. The number of aromatic nitrogens is 3. The fourth-order valence-corrected chi connectivity index (χ4v) is 7.48. The van der Waals surface area contributed by atoms with E-state index in [0.717, 1.165) is 67.1 Å². The van der Waals surface area contributed by atoms with Crippen LogP contribution in [-0.4, -0.2) is 86.9 Å². The predicted molar refractivity (Wildman–Crippen MR) is 155 cm³/mol. The van der Waals surface area contributed by atoms with E-state index in [4.69, 9.17) is 10.1 Å². The van der Waals surface area contributed by atoms with Crippen LogP contribution in [0.4, 0.5) is 5.82 Å². The number of carboxylic acid groups (broad SMARTS) is 1. The van der Waals surface area contributed by atoms with E-state index in [1.807, 2.05) is 0 Å². The summed E-state index contributed by atoms with van der Waals surface area (Å²) in [7, 11) is 0. The molecule has 2 fully saturated rings. The van der Waals surface area contributed by atoms with E-state index in [9.17, 15) is 9.59 Å². The van der Waals surface area contributed by atoms with Crippen molar-refractivity contribution in [2.75, 3.05) is 44.2 Å². The highest BCUT2D eigenvalue weighted by atomic mass is 32.1. The van der Waals surface area contributed by atoms with E-state index >= 15 is 0 Å². The molecule has 2 saturated heterocycles. The maximum absolute atomic E-state index is 13.2. The number of thiazole rings is 1. The highest BCUT2D eigenvalue weighted by Crippen LogP contribution is 2.35. The molecule has 0 radical (unpaired) electrons. The first-order valence-electron chi connectivity index (χ1n) is 13.7. The Balaban J connectivity index is 1.24. The summed E-state index contributed by atoms with van der Waals surface area (Å²) in [6, 6.07) is 2.81. The van der Waals surface area contributed by atoms with Crippen molar-refractivity contribution in [2.24, 2.45) is 0 Å². The Morgan fingerprint density at radius 3 is 2.62 bits per heavy atom. The molecule has 2 aliphatic rings. The minimum Gasteiger partial charge on any atom is -0.481 e. The predicted octanol–water partition coefficient (Wildman–Crippen LogP) is 4.37. The number of ketones is 1. The van der Waals surface area contributed by atoms with Crippen molar-refractivity contribution < 1.29 is 14.7 Å². The van der Waals surface area contributed by atoms with E-state index in [-0.39, 0.29) is 18.6 Å². The van der Waals surface area contributed by atoms with E-state index in [1.54, 1.807) is 35.1 Å². The first-order chi connectivity index (χ1) is 18.9. The Kier molecular flexibility index (Phi) is 9.01. The van der Waals surface area contributed by atoms with Gasteiger partial charge < -0.3 is 10.0 Å². The van der Waals surface area contributed by atoms with Crippen LogP contribution in [0.2, 0.25) is 0 Å². The second-order valence-corrected chi connectivity index (χ2v) is 12.5. The monoisotopic (exact) mass is 568 g/mol. The van der Waals surface area contributed by atoms with Crippen LogP contribution >= 0.6 is 22.7 Å². The number of carbonyl (C=O) groups is 2. The largest absolute Gasteiger partial charge is 0.481 e. The van der Waals surface area contributed by atoms with Gasteiger partial charge in [0.2, 0.25) is 0 Å². The van der Waals surface area contributed by atoms with Gasteiger partial charge in [0.05, 0.1) is 35.8 Å². The number of hydrogen-bond acceptors (Lipinski definition) is 10. The summed E-state index contributed by atoms with van der Waals surface area (Å²) in [5.41, 5.74) is 2.61. The van der Waals surface area contributed by atoms with Gasteiger partial charge in [0.15, 0.2) is 5.78 Å². The van der Waals surface area contributed by atoms with Gasteiger partial charge in [-0.2, -0.15) is 0 Å². The maximum Gasteiger partial charge on any atom is 0.304 e. The summed E-state index contributed by atoms with van der Waals surface area (Å²) in [4.78, 5) is 47.2. The van der Waals surface area contributed by atoms with Gasteiger partial charge in [-0.3, -0.25) is 19.4 Å². The number of thiophene rings is 1. The molecule has 1 atom stereocenters. The van der Waals surface area contributed by atoms with Gasteiger partial charge in [-0.1, -0.05) is 6.92 Å². The molecule has 39 heavy (non-hydrogen) atoms. The number of nitrogens with zero attached hydrogens (tertiary/aromatic N) is 6. The summed E-state index contributed by atoms with van der Waals surface area (Å²) >= 11 is 3.37. The second kappa shape index (κ2) is 12.6. The number of hydrogen-bond donors (Lipinski definition) is 1. The number of rotatable bonds is 11. The third-order valence-corrected chi connectivity index (χ3v) is 9.69. The highest BCUT2D eigenvalue weighted by Gasteiger charge is 2.26. The van der Waals surface area contributed by atoms with Gasteiger partial charge in [0, 0.05) is 50.2 Å². The summed E-state index contributed by atoms with van der Waals surface area (Å²) in [5, 5.41) is 11.9. The van der Waals surface area contributed by atoms with Crippen LogP contribution in [0.15, 0.2) is 23.8 Å². The summed E-state index contributed by atoms with van der Waals surface area (Å²) in [6.07, 6.45) is 7.27. The van der Waals surface area contributed by atoms with Crippen molar-refractivity contribution in [3.05, 3.63) is 45.0 Å². The normalized spacial score (nSPS) is 18.6. The fraction of sp³-hybridized carbons (Fsp3) is 0.536. The van der Waals surface area contributed by atoms with Crippen molar-refractivity contribution >= 4 is 40.2 Å². The Morgan fingerprint density at radius 2 is 1.95 bits per heavy atom. The van der Waals surface area contributed by atoms with Crippen LogP contribution < -0.4 is 4.90 Å². The summed E-state index contributed by atoms with van der Waals surface area (Å²) in [5.74, 6) is -0.103. The zero-order valence-corrected chi connectivity index (χ0v) is 24.3. The number of likely N-dealkylation sites (tertiary alicyclic amines) is 1. The molecule has 3 aromatic heterocycles. The molecular formula is C28H36N6O3S2. The molecule has 0 spiro atoms. The van der Waals surface area contributed by atoms with Gasteiger partial charge in [-0.25, -0.2) is 15.0 Å². The second-order valence-electron chi connectivity index (χ2n) is 10.4. The molecule has 0 unspecified atom stereocenters. The van der Waals surface area contributed by atoms with Crippen molar-refractivity contribution in [1.82, 2.24) is 24.8 Å². The number of carbonyl (C=O) groups excluding carboxylic acids is 1. The van der Waals surface area contributed by atoms with Crippen molar-refractivity contribution in [3.63, 3.8) is 0 Å². The minimum atomic E-state index is -0.771. The standard InChI is InChI=1S/C28H36N6O3S2/c1-3-20-5-4-7-34(20)17-24-28(23-13-19(2)18-38-23)31-26(39-24)14-22(35)21-15-30-25(16-29-21)33-11-9-32(10-12-33)8-6-27(36)37/h13,15-16,18,20H,3-12,14,17H2,1-2H3,(H,36,37)/t20-/m1/s1. The number of Topliss-reactive ketones (excluding diaryl/α,β-unsaturated/α-hetero) is 1. The SMILES string of the molecule is CC[C@@H]1CCCN1Cc1sc(CC(=O)c2cnc(N3CCN(CCC(=O)O)CC3)cn2)nc1-c1cc(C)cs1. The van der Waals surface area contributed by atoms with Crippen LogP contribution in [0.1, 0.15) is 58.5 Å². The number of anilines is 1. The molecule has 0 aromatic carbocycles. The molecule has 11 heteroatoms. The van der Waals surface area contributed by atoms with E-state index < -0.39 is 5.97 Å². The quantitative estimate of drug-likeness (QED) is 0.338. The molecule has 5 heterocycles. The number of carboxylic acids is 1. The molecule has 0 aliphatic carbocycles. The lowest BCUT2D eigenvalue weighted by atomic mass is 10.1. The average Bonchev–Trinajstić information content (AvgIpc) is 3.68. The van der Waals surface area contributed by atoms with Crippen molar-refractivity contribution in [3.8, 4) is 10.6 Å². The lowest BCUT2D eigenvalue weighted by Crippen LogP contribution is -2.47. The van der Waals surface area contributed by atoms with E-state index in [2.05, 4.69) is 50.0 Å². The smallest absolute Gasteiger partial charge is 0.304 e. The number of aryl methyl sites for hydroxylation is 1. The van der Waals surface area contributed by atoms with Crippen molar-refractivity contribution in [1.29, 1.82) is 0 Å². The summed E-state index contributed by atoms with van der Waals surface area (Å²) in [6.45, 7) is 10.0. The third kappa shape index (κ3) is 6.89. The maximum atomic E-state index is 13.2. The Morgan fingerprint density at radius 1 is 1.13 bits per heavy atom. The molecule has 5 rings (SSSR count). The minimum absolute atomic E-state index is 0.0747. The van der Waals surface area contributed by atoms with Gasteiger partial charge >= 0.3 is 5.97 Å². The topological polar surface area (TPSA) is 103 Å². The van der Waals surface area contributed by atoms with Gasteiger partial charge in [-0.05, 0) is 49.7 Å². The first kappa shape index (κ1) is 27.8. The zero-order valence-electron chi connectivity index (χ0n) is 22.6. The van der Waals surface area contributed by atoms with Gasteiger partial charge in [0.25, 0.3) is 0 Å². The van der Waals surface area contributed by atoms with Crippen LogP contribution in [0.5, 0.6) is 0 Å². The van der Waals surface area contributed by atoms with Gasteiger partial charge in [0.1, 0.15) is 16.5 Å². The van der Waals surface area contributed by atoms with Crippen LogP contribution in [-0.2, 0) is 17.8 Å². The van der Waals surface area contributed by atoms with Crippen LogP contribution in [0.3, 0.4) is 0 Å². The molecule has 3 aromatic rings. The molecule has 1 N–H and O–H groups in total.